The van der Waals surface area contributed by atoms with Gasteiger partial charge in [-0.05, 0) is 66.6 Å². The number of carbonyl (C=O) groups excluding carboxylic acids is 1. The molecular weight excluding hydrogens is 432 g/mol. The molecular formula is C22H23BrN4O2. The number of piperidine rings is 1. The minimum absolute atomic E-state index is 0.0555. The molecule has 1 saturated heterocycles. The van der Waals surface area contributed by atoms with Gasteiger partial charge in [0.25, 0.3) is 5.91 Å². The van der Waals surface area contributed by atoms with Crippen LogP contribution in [0.25, 0.3) is 0 Å². The van der Waals surface area contributed by atoms with E-state index < -0.39 is 0 Å². The molecule has 4 heterocycles. The lowest BCUT2D eigenvalue weighted by Gasteiger charge is -2.36. The molecule has 2 atom stereocenters. The number of aromatic nitrogens is 2. The summed E-state index contributed by atoms with van der Waals surface area (Å²) < 4.78 is 8.62. The Morgan fingerprint density at radius 2 is 2.17 bits per heavy atom. The summed E-state index contributed by atoms with van der Waals surface area (Å²) in [6.07, 6.45) is 4.58. The molecule has 0 unspecified atom stereocenters. The smallest absolute Gasteiger partial charge is 0.294 e. The fraction of sp³-hybridized carbons (Fsp3) is 0.364. The molecule has 7 heteroatoms. The third kappa shape index (κ3) is 3.32. The minimum Gasteiger partial charge on any atom is -0.454 e. The second-order valence-electron chi connectivity index (χ2n) is 8.08. The van der Waals surface area contributed by atoms with E-state index in [1.165, 1.54) is 11.1 Å². The van der Waals surface area contributed by atoms with Crippen LogP contribution in [-0.2, 0) is 6.54 Å². The number of halogens is 1. The minimum atomic E-state index is -0.0555. The third-order valence-electron chi connectivity index (χ3n) is 5.96. The highest BCUT2D eigenvalue weighted by Crippen LogP contribution is 2.45. The van der Waals surface area contributed by atoms with E-state index in [1.807, 2.05) is 17.2 Å². The number of amides is 1. The molecule has 1 amide bonds. The van der Waals surface area contributed by atoms with Gasteiger partial charge in [0.2, 0.25) is 0 Å². The van der Waals surface area contributed by atoms with E-state index >= 15 is 0 Å². The first-order valence-corrected chi connectivity index (χ1v) is 10.7. The van der Waals surface area contributed by atoms with Crippen molar-refractivity contribution in [2.24, 2.45) is 0 Å². The lowest BCUT2D eigenvalue weighted by atomic mass is 9.89. The summed E-state index contributed by atoms with van der Waals surface area (Å²) in [7, 11) is 2.16. The zero-order valence-corrected chi connectivity index (χ0v) is 18.1. The molecule has 150 valence electrons. The molecule has 1 aromatic carbocycles. The normalized spacial score (nSPS) is 21.3. The summed E-state index contributed by atoms with van der Waals surface area (Å²) in [4.78, 5) is 17.8. The Kier molecular flexibility index (Phi) is 4.59. The molecule has 0 saturated carbocycles. The second kappa shape index (κ2) is 7.15. The van der Waals surface area contributed by atoms with Crippen molar-refractivity contribution < 1.29 is 9.21 Å². The quantitative estimate of drug-likeness (QED) is 0.598. The Bertz CT molecular complexity index is 1070. The van der Waals surface area contributed by atoms with Crippen LogP contribution >= 0.6 is 15.9 Å². The first-order valence-electron chi connectivity index (χ1n) is 9.89. The van der Waals surface area contributed by atoms with Gasteiger partial charge in [0.1, 0.15) is 5.76 Å². The maximum Gasteiger partial charge on any atom is 0.294 e. The lowest BCUT2D eigenvalue weighted by molar-refractivity contribution is 0.0935. The van der Waals surface area contributed by atoms with Gasteiger partial charge in [0.15, 0.2) is 5.76 Å². The van der Waals surface area contributed by atoms with Gasteiger partial charge >= 0.3 is 0 Å². The fourth-order valence-electron chi connectivity index (χ4n) is 4.63. The second-order valence-corrected chi connectivity index (χ2v) is 9.00. The average molecular weight is 455 g/mol. The third-order valence-corrected chi connectivity index (χ3v) is 6.37. The van der Waals surface area contributed by atoms with Crippen molar-refractivity contribution >= 4 is 27.5 Å². The fourth-order valence-corrected chi connectivity index (χ4v) is 4.96. The van der Waals surface area contributed by atoms with Gasteiger partial charge in [-0.25, -0.2) is 0 Å². The molecule has 0 bridgehead atoms. The van der Waals surface area contributed by atoms with Crippen molar-refractivity contribution in [3.05, 3.63) is 69.8 Å². The first-order chi connectivity index (χ1) is 14.0. The maximum absolute atomic E-state index is 13.5. The monoisotopic (exact) mass is 454 g/mol. The number of anilines is 1. The van der Waals surface area contributed by atoms with Gasteiger partial charge in [-0.1, -0.05) is 17.7 Å². The molecule has 0 N–H and O–H groups in total. The highest BCUT2D eigenvalue weighted by atomic mass is 79.9. The molecule has 1 fully saturated rings. The summed E-state index contributed by atoms with van der Waals surface area (Å²) in [6, 6.07) is 10.2. The van der Waals surface area contributed by atoms with Gasteiger partial charge < -0.3 is 14.2 Å². The van der Waals surface area contributed by atoms with Crippen LogP contribution in [0.15, 0.2) is 51.6 Å². The number of hydrogen-bond donors (Lipinski definition) is 0. The van der Waals surface area contributed by atoms with E-state index in [0.29, 0.717) is 24.0 Å². The molecule has 3 aromatic rings. The van der Waals surface area contributed by atoms with E-state index in [2.05, 4.69) is 58.1 Å². The topological polar surface area (TPSA) is 54.5 Å². The number of nitrogens with zero attached hydrogens (tertiary/aromatic N) is 4. The van der Waals surface area contributed by atoms with Crippen LogP contribution < -0.4 is 4.90 Å². The summed E-state index contributed by atoms with van der Waals surface area (Å²) in [5, 5.41) is 4.25. The molecule has 29 heavy (non-hydrogen) atoms. The largest absolute Gasteiger partial charge is 0.454 e. The van der Waals surface area contributed by atoms with Crippen molar-refractivity contribution in [2.75, 3.05) is 25.0 Å². The van der Waals surface area contributed by atoms with Crippen LogP contribution in [0.3, 0.4) is 0 Å². The zero-order valence-electron chi connectivity index (χ0n) is 16.5. The number of furan rings is 1. The van der Waals surface area contributed by atoms with Crippen molar-refractivity contribution in [3.63, 3.8) is 0 Å². The van der Waals surface area contributed by atoms with E-state index in [4.69, 9.17) is 4.42 Å². The number of hydrogen-bond acceptors (Lipinski definition) is 4. The molecule has 0 aliphatic carbocycles. The van der Waals surface area contributed by atoms with Gasteiger partial charge in [-0.15, -0.1) is 0 Å². The van der Waals surface area contributed by atoms with Gasteiger partial charge in [0, 0.05) is 30.4 Å². The van der Waals surface area contributed by atoms with Crippen LogP contribution in [0, 0.1) is 6.92 Å². The van der Waals surface area contributed by atoms with Crippen LogP contribution in [0.2, 0.25) is 0 Å². The SMILES string of the molecule is Cc1ccc2c(c1)[C@@H]1CN(C)CC[C@@H]1N2C(=O)c1ccc(Cn2cc(Br)cn2)o1. The number of benzene rings is 1. The standard InChI is InChI=1S/C22H23BrN4O2/c1-14-3-5-19-17(9-14)18-13-25(2)8-7-20(18)27(19)22(28)21-6-4-16(29-21)12-26-11-15(23)10-24-26/h3-6,9-11,18,20H,7-8,12-13H2,1-2H3/t18-,20-/m0/s1. The lowest BCUT2D eigenvalue weighted by Crippen LogP contribution is -2.47. The first kappa shape index (κ1) is 18.6. The number of fused-ring (bicyclic) bond motifs is 3. The van der Waals surface area contributed by atoms with E-state index in [9.17, 15) is 4.79 Å². The predicted molar refractivity (Wildman–Crippen MR) is 114 cm³/mol. The Morgan fingerprint density at radius 3 is 2.97 bits per heavy atom. The molecule has 5 rings (SSSR count). The average Bonchev–Trinajstić information content (AvgIpc) is 3.39. The highest BCUT2D eigenvalue weighted by Gasteiger charge is 2.44. The van der Waals surface area contributed by atoms with E-state index in [-0.39, 0.29) is 11.9 Å². The number of likely N-dealkylation sites (N-methyl/N-ethyl adjacent to an activating group) is 1. The highest BCUT2D eigenvalue weighted by molar-refractivity contribution is 9.10. The van der Waals surface area contributed by atoms with Crippen molar-refractivity contribution in [2.45, 2.75) is 31.8 Å². The van der Waals surface area contributed by atoms with Crippen LogP contribution in [0.5, 0.6) is 0 Å². The Hall–Kier alpha value is -2.38. The Morgan fingerprint density at radius 1 is 1.31 bits per heavy atom. The number of aryl methyl sites for hydroxylation is 1. The molecule has 2 aromatic heterocycles. The number of carbonyl (C=O) groups is 1. The summed E-state index contributed by atoms with van der Waals surface area (Å²) >= 11 is 3.40. The molecule has 2 aliphatic heterocycles. The van der Waals surface area contributed by atoms with Crippen LogP contribution in [0.4, 0.5) is 5.69 Å². The van der Waals surface area contributed by atoms with Gasteiger partial charge in [-0.2, -0.15) is 5.10 Å². The molecule has 0 radical (unpaired) electrons. The van der Waals surface area contributed by atoms with E-state index in [0.717, 1.165) is 29.7 Å². The summed E-state index contributed by atoms with van der Waals surface area (Å²) in [5.74, 6) is 1.40. The van der Waals surface area contributed by atoms with Crippen molar-refractivity contribution in [1.82, 2.24) is 14.7 Å². The Labute approximate surface area is 178 Å². The van der Waals surface area contributed by atoms with Crippen LogP contribution in [-0.4, -0.2) is 46.8 Å². The predicted octanol–water partition coefficient (Wildman–Crippen LogP) is 4.04. The van der Waals surface area contributed by atoms with Crippen molar-refractivity contribution in [1.29, 1.82) is 0 Å². The van der Waals surface area contributed by atoms with Gasteiger partial charge in [-0.3, -0.25) is 9.48 Å². The number of rotatable bonds is 3. The maximum atomic E-state index is 13.5. The van der Waals surface area contributed by atoms with Gasteiger partial charge in [0.05, 0.1) is 17.2 Å². The summed E-state index contributed by atoms with van der Waals surface area (Å²) in [6.45, 7) is 4.57. The van der Waals surface area contributed by atoms with Crippen LogP contribution in [0.1, 0.15) is 39.8 Å². The summed E-state index contributed by atoms with van der Waals surface area (Å²) in [5.41, 5.74) is 3.54. The molecule has 6 nitrogen and oxygen atoms in total. The molecule has 0 spiro atoms. The molecule has 2 aliphatic rings. The number of likely N-dealkylation sites (tertiary alicyclic amines) is 1. The zero-order chi connectivity index (χ0) is 20.1. The van der Waals surface area contributed by atoms with E-state index in [1.54, 1.807) is 16.9 Å². The van der Waals surface area contributed by atoms with Crippen molar-refractivity contribution in [3.8, 4) is 0 Å². The Balaban J connectivity index is 1.45.